The van der Waals surface area contributed by atoms with Gasteiger partial charge in [0.15, 0.2) is 15.6 Å². The van der Waals surface area contributed by atoms with Crippen molar-refractivity contribution < 1.29 is 17.6 Å². The van der Waals surface area contributed by atoms with Crippen molar-refractivity contribution in [3.63, 3.8) is 0 Å². The fraction of sp³-hybridized carbons (Fsp3) is 0.259. The summed E-state index contributed by atoms with van der Waals surface area (Å²) in [6, 6.07) is 23.4. The fourth-order valence-corrected chi connectivity index (χ4v) is 5.11. The molecule has 2 aromatic heterocycles. The number of nitrogens with zero attached hydrogens (tertiary/aromatic N) is 2. The second-order valence-corrected chi connectivity index (χ2v) is 10.5. The molecule has 0 unspecified atom stereocenters. The molecule has 7 nitrogen and oxygen atoms in total. The predicted molar refractivity (Wildman–Crippen MR) is 135 cm³/mol. The SMILES string of the molecule is CN(CCCCCc1cc(-c2ccccc2)n[nH]1)C(=O)c1ccc(CS(=O)(=O)c2ccccc2)o1. The molecule has 0 aliphatic carbocycles. The van der Waals surface area contributed by atoms with E-state index in [0.29, 0.717) is 6.54 Å². The molecule has 0 aliphatic heterocycles. The van der Waals surface area contributed by atoms with E-state index in [4.69, 9.17) is 4.42 Å². The molecule has 0 fully saturated rings. The van der Waals surface area contributed by atoms with Crippen LogP contribution in [-0.2, 0) is 22.0 Å². The first kappa shape index (κ1) is 24.5. The van der Waals surface area contributed by atoms with Gasteiger partial charge in [-0.15, -0.1) is 0 Å². The molecule has 1 amide bonds. The highest BCUT2D eigenvalue weighted by molar-refractivity contribution is 7.90. The molecule has 0 saturated heterocycles. The van der Waals surface area contributed by atoms with Crippen molar-refractivity contribution in [2.24, 2.45) is 0 Å². The molecule has 8 heteroatoms. The smallest absolute Gasteiger partial charge is 0.289 e. The van der Waals surface area contributed by atoms with E-state index in [1.54, 1.807) is 48.3 Å². The second-order valence-electron chi connectivity index (χ2n) is 8.52. The number of H-pyrrole nitrogens is 1. The minimum Gasteiger partial charge on any atom is -0.455 e. The van der Waals surface area contributed by atoms with Gasteiger partial charge in [-0.2, -0.15) is 5.10 Å². The Morgan fingerprint density at radius 2 is 1.66 bits per heavy atom. The highest BCUT2D eigenvalue weighted by atomic mass is 32.2. The van der Waals surface area contributed by atoms with Crippen LogP contribution in [0.25, 0.3) is 11.3 Å². The number of aromatic amines is 1. The van der Waals surface area contributed by atoms with E-state index in [-0.39, 0.29) is 28.1 Å². The normalized spacial score (nSPS) is 11.5. The zero-order chi connectivity index (χ0) is 24.7. The lowest BCUT2D eigenvalue weighted by molar-refractivity contribution is 0.0759. The predicted octanol–water partition coefficient (Wildman–Crippen LogP) is 5.13. The number of aryl methyl sites for hydroxylation is 1. The van der Waals surface area contributed by atoms with Crippen molar-refractivity contribution in [2.45, 2.75) is 36.3 Å². The van der Waals surface area contributed by atoms with Gasteiger partial charge in [-0.3, -0.25) is 9.89 Å². The van der Waals surface area contributed by atoms with Crippen molar-refractivity contribution in [1.82, 2.24) is 15.1 Å². The highest BCUT2D eigenvalue weighted by Crippen LogP contribution is 2.20. The number of aromatic nitrogens is 2. The number of amides is 1. The van der Waals surface area contributed by atoms with Crippen LogP contribution in [0.15, 0.2) is 88.2 Å². The molecule has 2 aromatic carbocycles. The molecule has 0 spiro atoms. The van der Waals surface area contributed by atoms with E-state index in [9.17, 15) is 13.2 Å². The van der Waals surface area contributed by atoms with Crippen LogP contribution in [0.5, 0.6) is 0 Å². The molecular formula is C27H29N3O4S. The van der Waals surface area contributed by atoms with Gasteiger partial charge in [-0.1, -0.05) is 55.0 Å². The van der Waals surface area contributed by atoms with Crippen LogP contribution in [0.2, 0.25) is 0 Å². The standard InChI is InChI=1S/C27H29N3O4S/c1-30(18-10-4-7-13-22-19-25(29-28-22)21-11-5-2-6-12-21)27(31)26-17-16-23(34-26)20-35(32,33)24-14-8-3-9-15-24/h2-3,5-6,8-9,11-12,14-17,19H,4,7,10,13,18,20H2,1H3,(H,28,29). The zero-order valence-corrected chi connectivity index (χ0v) is 20.5. The number of nitrogens with one attached hydrogen (secondary N) is 1. The summed E-state index contributed by atoms with van der Waals surface area (Å²) < 4.78 is 30.6. The summed E-state index contributed by atoms with van der Waals surface area (Å²) >= 11 is 0. The molecule has 35 heavy (non-hydrogen) atoms. The summed E-state index contributed by atoms with van der Waals surface area (Å²) in [6.07, 6.45) is 3.71. The highest BCUT2D eigenvalue weighted by Gasteiger charge is 2.20. The van der Waals surface area contributed by atoms with E-state index < -0.39 is 9.84 Å². The molecule has 0 saturated carbocycles. The summed E-state index contributed by atoms with van der Waals surface area (Å²) in [6.45, 7) is 0.593. The average molecular weight is 492 g/mol. The minimum atomic E-state index is -3.53. The Morgan fingerprint density at radius 3 is 2.40 bits per heavy atom. The van der Waals surface area contributed by atoms with Crippen LogP contribution in [0.3, 0.4) is 0 Å². The third-order valence-electron chi connectivity index (χ3n) is 5.79. The topological polar surface area (TPSA) is 96.3 Å². The van der Waals surface area contributed by atoms with Gasteiger partial charge in [-0.25, -0.2) is 8.42 Å². The molecule has 2 heterocycles. The lowest BCUT2D eigenvalue weighted by atomic mass is 10.1. The Balaban J connectivity index is 1.21. The number of carbonyl (C=O) groups excluding carboxylic acids is 1. The van der Waals surface area contributed by atoms with Gasteiger partial charge in [-0.05, 0) is 49.6 Å². The number of sulfone groups is 1. The van der Waals surface area contributed by atoms with Crippen LogP contribution < -0.4 is 0 Å². The number of hydrogen-bond acceptors (Lipinski definition) is 5. The average Bonchev–Trinajstić information content (AvgIpc) is 3.54. The lowest BCUT2D eigenvalue weighted by Crippen LogP contribution is -2.27. The van der Waals surface area contributed by atoms with Crippen molar-refractivity contribution in [1.29, 1.82) is 0 Å². The van der Waals surface area contributed by atoms with Crippen molar-refractivity contribution in [3.8, 4) is 11.3 Å². The number of benzene rings is 2. The third-order valence-corrected chi connectivity index (χ3v) is 7.45. The maximum absolute atomic E-state index is 12.7. The first-order valence-electron chi connectivity index (χ1n) is 11.6. The number of hydrogen-bond donors (Lipinski definition) is 1. The first-order valence-corrected chi connectivity index (χ1v) is 13.3. The maximum Gasteiger partial charge on any atom is 0.289 e. The Bertz CT molecular complexity index is 1350. The molecular weight excluding hydrogens is 462 g/mol. The van der Waals surface area contributed by atoms with Gasteiger partial charge < -0.3 is 9.32 Å². The maximum atomic E-state index is 12.7. The first-order chi connectivity index (χ1) is 16.9. The zero-order valence-electron chi connectivity index (χ0n) is 19.7. The summed E-state index contributed by atoms with van der Waals surface area (Å²) in [5, 5.41) is 7.49. The van der Waals surface area contributed by atoms with Crippen LogP contribution in [0, 0.1) is 0 Å². The molecule has 182 valence electrons. The van der Waals surface area contributed by atoms with E-state index in [0.717, 1.165) is 42.6 Å². The second kappa shape index (κ2) is 11.2. The van der Waals surface area contributed by atoms with E-state index >= 15 is 0 Å². The van der Waals surface area contributed by atoms with Gasteiger partial charge in [0.2, 0.25) is 0 Å². The van der Waals surface area contributed by atoms with Crippen molar-refractivity contribution in [2.75, 3.05) is 13.6 Å². The largest absolute Gasteiger partial charge is 0.455 e. The minimum absolute atomic E-state index is 0.150. The van der Waals surface area contributed by atoms with Crippen LogP contribution in [0.4, 0.5) is 0 Å². The summed E-state index contributed by atoms with van der Waals surface area (Å²) in [5.74, 6) is -0.140. The monoisotopic (exact) mass is 491 g/mol. The van der Waals surface area contributed by atoms with Gasteiger partial charge in [0.25, 0.3) is 5.91 Å². The van der Waals surface area contributed by atoms with Crippen molar-refractivity contribution >= 4 is 15.7 Å². The fourth-order valence-electron chi connectivity index (χ4n) is 3.85. The lowest BCUT2D eigenvalue weighted by Gasteiger charge is -2.15. The van der Waals surface area contributed by atoms with Gasteiger partial charge in [0.1, 0.15) is 11.5 Å². The summed E-state index contributed by atoms with van der Waals surface area (Å²) in [7, 11) is -1.80. The third kappa shape index (κ3) is 6.48. The molecule has 0 radical (unpaired) electrons. The molecule has 0 aliphatic rings. The Hall–Kier alpha value is -3.65. The van der Waals surface area contributed by atoms with Crippen LogP contribution in [0.1, 0.15) is 41.3 Å². The van der Waals surface area contributed by atoms with Crippen LogP contribution >= 0.6 is 0 Å². The summed E-state index contributed by atoms with van der Waals surface area (Å²) in [5.41, 5.74) is 3.14. The quantitative estimate of drug-likeness (QED) is 0.294. The Morgan fingerprint density at radius 1 is 0.943 bits per heavy atom. The summed E-state index contributed by atoms with van der Waals surface area (Å²) in [4.78, 5) is 14.5. The van der Waals surface area contributed by atoms with Gasteiger partial charge in [0, 0.05) is 24.8 Å². The number of rotatable bonds is 11. The number of furan rings is 1. The van der Waals surface area contributed by atoms with E-state index in [2.05, 4.69) is 16.3 Å². The van der Waals surface area contributed by atoms with E-state index in [1.807, 2.05) is 30.3 Å². The molecule has 4 rings (SSSR count). The molecule has 4 aromatic rings. The van der Waals surface area contributed by atoms with Crippen molar-refractivity contribution in [3.05, 3.63) is 96.1 Å². The van der Waals surface area contributed by atoms with Crippen LogP contribution in [-0.4, -0.2) is 43.0 Å². The number of carbonyl (C=O) groups is 1. The van der Waals surface area contributed by atoms with E-state index in [1.165, 1.54) is 6.07 Å². The Kier molecular flexibility index (Phi) is 7.82. The van der Waals surface area contributed by atoms with Gasteiger partial charge in [0.05, 0.1) is 10.6 Å². The Labute approximate surface area is 205 Å². The number of unbranched alkanes of at least 4 members (excludes halogenated alkanes) is 2. The molecule has 0 atom stereocenters. The molecule has 1 N–H and O–H groups in total. The van der Waals surface area contributed by atoms with Gasteiger partial charge >= 0.3 is 0 Å². The molecule has 0 bridgehead atoms.